The highest BCUT2D eigenvalue weighted by Crippen LogP contribution is 2.34. The molecule has 78 valence electrons. The Morgan fingerprint density at radius 2 is 2.00 bits per heavy atom. The molecule has 1 saturated heterocycles. The Balaban J connectivity index is 0.000000671. The van der Waals surface area contributed by atoms with Gasteiger partial charge in [0.15, 0.2) is 0 Å². The zero-order chi connectivity index (χ0) is 10.5. The Bertz CT molecular complexity index is 163. The van der Waals surface area contributed by atoms with Crippen LogP contribution in [0.2, 0.25) is 0 Å². The van der Waals surface area contributed by atoms with Crippen molar-refractivity contribution < 1.29 is 4.79 Å². The van der Waals surface area contributed by atoms with Gasteiger partial charge in [0.25, 0.3) is 0 Å². The molecule has 2 heteroatoms. The van der Waals surface area contributed by atoms with E-state index in [-0.39, 0.29) is 5.91 Å². The van der Waals surface area contributed by atoms with Crippen LogP contribution in [-0.2, 0) is 4.79 Å². The molecule has 1 unspecified atom stereocenters. The second-order valence-corrected chi connectivity index (χ2v) is 4.05. The summed E-state index contributed by atoms with van der Waals surface area (Å²) in [4.78, 5) is 10.9. The first-order valence-corrected chi connectivity index (χ1v) is 5.33. The quantitative estimate of drug-likeness (QED) is 0.704. The smallest absolute Gasteiger partial charge is 0.220 e. The highest BCUT2D eigenvalue weighted by molar-refractivity contribution is 5.78. The summed E-state index contributed by atoms with van der Waals surface area (Å²) >= 11 is 0. The second kappa shape index (κ2) is 5.25. The fraction of sp³-hybridized carbons (Fsp3) is 0.909. The molecule has 0 radical (unpaired) electrons. The van der Waals surface area contributed by atoms with Crippen molar-refractivity contribution in [3.05, 3.63) is 0 Å². The number of hydrogen-bond acceptors (Lipinski definition) is 1. The summed E-state index contributed by atoms with van der Waals surface area (Å²) in [5, 5.41) is 2.87. The van der Waals surface area contributed by atoms with E-state index in [0.717, 1.165) is 19.4 Å². The normalized spacial score (nSPS) is 21.9. The minimum atomic E-state index is 0.219. The van der Waals surface area contributed by atoms with Crippen LogP contribution >= 0.6 is 0 Å². The summed E-state index contributed by atoms with van der Waals surface area (Å²) in [5.41, 5.74) is 0.319. The van der Waals surface area contributed by atoms with E-state index in [0.29, 0.717) is 11.3 Å². The molecule has 0 aliphatic carbocycles. The van der Waals surface area contributed by atoms with Crippen molar-refractivity contribution in [3.63, 3.8) is 0 Å². The van der Waals surface area contributed by atoms with Gasteiger partial charge in [-0.25, -0.2) is 0 Å². The third-order valence-electron chi connectivity index (χ3n) is 2.99. The molecule has 13 heavy (non-hydrogen) atoms. The predicted octanol–water partition coefficient (Wildman–Crippen LogP) is 2.58. The standard InChI is InChI=1S/C9H17NO.C2H6/c1-4-9(2,3)7-5-8(11)10-6-7;1-2/h7H,4-6H2,1-3H3,(H,10,11);1-2H3. The minimum absolute atomic E-state index is 0.219. The summed E-state index contributed by atoms with van der Waals surface area (Å²) in [7, 11) is 0. The number of nitrogens with one attached hydrogen (secondary N) is 1. The molecule has 1 amide bonds. The van der Waals surface area contributed by atoms with Gasteiger partial charge in [0.1, 0.15) is 0 Å². The van der Waals surface area contributed by atoms with Crippen molar-refractivity contribution in [2.45, 2.75) is 47.5 Å². The molecule has 1 atom stereocenters. The molecule has 1 rings (SSSR count). The molecular weight excluding hydrogens is 162 g/mol. The third-order valence-corrected chi connectivity index (χ3v) is 2.99. The zero-order valence-electron chi connectivity index (χ0n) is 9.61. The first-order chi connectivity index (χ1) is 6.06. The van der Waals surface area contributed by atoms with Crippen LogP contribution < -0.4 is 5.32 Å². The van der Waals surface area contributed by atoms with E-state index < -0.39 is 0 Å². The molecular formula is C11H23NO. The summed E-state index contributed by atoms with van der Waals surface area (Å²) < 4.78 is 0. The van der Waals surface area contributed by atoms with E-state index in [1.165, 1.54) is 0 Å². The Kier molecular flexibility index (Phi) is 5.04. The van der Waals surface area contributed by atoms with Gasteiger partial charge in [-0.1, -0.05) is 41.0 Å². The van der Waals surface area contributed by atoms with Gasteiger partial charge in [-0.05, 0) is 11.3 Å². The van der Waals surface area contributed by atoms with Crippen LogP contribution in [0.25, 0.3) is 0 Å². The van der Waals surface area contributed by atoms with E-state index in [1.807, 2.05) is 13.8 Å². The average molecular weight is 185 g/mol. The Labute approximate surface area is 82.1 Å². The largest absolute Gasteiger partial charge is 0.356 e. The van der Waals surface area contributed by atoms with Crippen LogP contribution in [0.1, 0.15) is 47.5 Å². The van der Waals surface area contributed by atoms with Crippen LogP contribution in [0.3, 0.4) is 0 Å². The number of carbonyl (C=O) groups excluding carboxylic acids is 1. The Morgan fingerprint density at radius 3 is 2.31 bits per heavy atom. The minimum Gasteiger partial charge on any atom is -0.356 e. The second-order valence-electron chi connectivity index (χ2n) is 4.05. The van der Waals surface area contributed by atoms with Gasteiger partial charge in [0, 0.05) is 13.0 Å². The molecule has 1 N–H and O–H groups in total. The summed E-state index contributed by atoms with van der Waals surface area (Å²) in [6.07, 6.45) is 1.87. The maximum atomic E-state index is 10.9. The van der Waals surface area contributed by atoms with E-state index in [4.69, 9.17) is 0 Å². The van der Waals surface area contributed by atoms with Crippen molar-refractivity contribution in [2.24, 2.45) is 11.3 Å². The molecule has 1 aliphatic heterocycles. The van der Waals surface area contributed by atoms with E-state index >= 15 is 0 Å². The lowest BCUT2D eigenvalue weighted by molar-refractivity contribution is -0.119. The molecule has 0 spiro atoms. The van der Waals surface area contributed by atoms with Gasteiger partial charge >= 0.3 is 0 Å². The summed E-state index contributed by atoms with van der Waals surface area (Å²) in [6, 6.07) is 0. The van der Waals surface area contributed by atoms with Crippen LogP contribution in [-0.4, -0.2) is 12.5 Å². The highest BCUT2D eigenvalue weighted by Gasteiger charge is 2.33. The molecule has 1 aliphatic rings. The molecule has 0 aromatic carbocycles. The van der Waals surface area contributed by atoms with Crippen LogP contribution in [0.4, 0.5) is 0 Å². The van der Waals surface area contributed by atoms with Crippen molar-refractivity contribution in [3.8, 4) is 0 Å². The number of hydrogen-bond donors (Lipinski definition) is 1. The topological polar surface area (TPSA) is 29.1 Å². The number of amides is 1. The molecule has 0 aromatic rings. The maximum Gasteiger partial charge on any atom is 0.220 e. The highest BCUT2D eigenvalue weighted by atomic mass is 16.1. The third kappa shape index (κ3) is 3.37. The number of rotatable bonds is 2. The molecule has 2 nitrogen and oxygen atoms in total. The van der Waals surface area contributed by atoms with Crippen molar-refractivity contribution in [2.75, 3.05) is 6.54 Å². The molecule has 1 heterocycles. The van der Waals surface area contributed by atoms with Crippen LogP contribution in [0.15, 0.2) is 0 Å². The Hall–Kier alpha value is -0.530. The molecule has 0 aromatic heterocycles. The van der Waals surface area contributed by atoms with E-state index in [1.54, 1.807) is 0 Å². The first-order valence-electron chi connectivity index (χ1n) is 5.33. The zero-order valence-corrected chi connectivity index (χ0v) is 9.61. The van der Waals surface area contributed by atoms with Crippen molar-refractivity contribution in [1.29, 1.82) is 0 Å². The van der Waals surface area contributed by atoms with Crippen molar-refractivity contribution >= 4 is 5.91 Å². The molecule has 1 fully saturated rings. The fourth-order valence-corrected chi connectivity index (χ4v) is 1.45. The van der Waals surface area contributed by atoms with E-state index in [9.17, 15) is 4.79 Å². The monoisotopic (exact) mass is 185 g/mol. The lowest BCUT2D eigenvalue weighted by Gasteiger charge is -2.28. The van der Waals surface area contributed by atoms with E-state index in [2.05, 4.69) is 26.1 Å². The SMILES string of the molecule is CC.CCC(C)(C)C1CNC(=O)C1. The van der Waals surface area contributed by atoms with Crippen LogP contribution in [0, 0.1) is 11.3 Å². The van der Waals surface area contributed by atoms with Gasteiger partial charge in [-0.3, -0.25) is 4.79 Å². The Morgan fingerprint density at radius 1 is 1.46 bits per heavy atom. The summed E-state index contributed by atoms with van der Waals surface area (Å²) in [6.45, 7) is 11.5. The van der Waals surface area contributed by atoms with Gasteiger partial charge in [-0.15, -0.1) is 0 Å². The van der Waals surface area contributed by atoms with Crippen LogP contribution in [0.5, 0.6) is 0 Å². The average Bonchev–Trinajstić information content (AvgIpc) is 2.56. The van der Waals surface area contributed by atoms with Gasteiger partial charge in [0.05, 0.1) is 0 Å². The maximum absolute atomic E-state index is 10.9. The van der Waals surface area contributed by atoms with Gasteiger partial charge in [0.2, 0.25) is 5.91 Å². The fourth-order valence-electron chi connectivity index (χ4n) is 1.45. The summed E-state index contributed by atoms with van der Waals surface area (Å²) in [5.74, 6) is 0.761. The lowest BCUT2D eigenvalue weighted by atomic mass is 9.76. The van der Waals surface area contributed by atoms with Gasteiger partial charge < -0.3 is 5.32 Å². The predicted molar refractivity (Wildman–Crippen MR) is 56.5 cm³/mol. The van der Waals surface area contributed by atoms with Crippen molar-refractivity contribution in [1.82, 2.24) is 5.32 Å². The molecule has 0 bridgehead atoms. The first kappa shape index (κ1) is 12.5. The van der Waals surface area contributed by atoms with Gasteiger partial charge in [-0.2, -0.15) is 0 Å². The number of carbonyl (C=O) groups is 1. The lowest BCUT2D eigenvalue weighted by Crippen LogP contribution is -2.25. The molecule has 0 saturated carbocycles.